The van der Waals surface area contributed by atoms with Gasteiger partial charge in [-0.3, -0.25) is 9.59 Å². The first kappa shape index (κ1) is 12.5. The number of carbonyl (C=O) groups excluding carboxylic acids is 2. The van der Waals surface area contributed by atoms with Crippen LogP contribution in [-0.4, -0.2) is 18.2 Å². The van der Waals surface area contributed by atoms with Crippen LogP contribution < -0.4 is 5.32 Å². The Morgan fingerprint density at radius 2 is 2.12 bits per heavy atom. The molecule has 0 atom stereocenters. The number of hydrogen-bond acceptors (Lipinski definition) is 3. The number of Topliss-reactive ketones (excluding diaryl/α,β-unsaturated/α-hetero) is 1. The SMILES string of the molecule is CCc1occc1C(=O)NCC(=O)C(C)C. The van der Waals surface area contributed by atoms with E-state index in [0.717, 1.165) is 0 Å². The maximum atomic E-state index is 11.7. The molecule has 0 aliphatic heterocycles. The van der Waals surface area contributed by atoms with E-state index in [-0.39, 0.29) is 24.2 Å². The monoisotopic (exact) mass is 223 g/mol. The number of carbonyl (C=O) groups is 2. The molecule has 0 aromatic carbocycles. The molecule has 4 nitrogen and oxygen atoms in total. The number of rotatable bonds is 5. The van der Waals surface area contributed by atoms with Gasteiger partial charge in [-0.1, -0.05) is 20.8 Å². The van der Waals surface area contributed by atoms with E-state index >= 15 is 0 Å². The minimum Gasteiger partial charge on any atom is -0.469 e. The van der Waals surface area contributed by atoms with Crippen LogP contribution in [0.4, 0.5) is 0 Å². The van der Waals surface area contributed by atoms with Crippen molar-refractivity contribution < 1.29 is 14.0 Å². The Labute approximate surface area is 95.0 Å². The molecule has 0 aliphatic rings. The zero-order valence-corrected chi connectivity index (χ0v) is 9.87. The minimum atomic E-state index is -0.250. The smallest absolute Gasteiger partial charge is 0.255 e. The van der Waals surface area contributed by atoms with Gasteiger partial charge in [-0.2, -0.15) is 0 Å². The molecule has 1 rings (SSSR count). The molecule has 88 valence electrons. The molecule has 1 heterocycles. The highest BCUT2D eigenvalue weighted by Crippen LogP contribution is 2.10. The van der Waals surface area contributed by atoms with Crippen LogP contribution in [0.1, 0.15) is 36.9 Å². The number of aryl methyl sites for hydroxylation is 1. The highest BCUT2D eigenvalue weighted by molar-refractivity contribution is 5.97. The zero-order chi connectivity index (χ0) is 12.1. The zero-order valence-electron chi connectivity index (χ0n) is 9.87. The van der Waals surface area contributed by atoms with Gasteiger partial charge in [-0.15, -0.1) is 0 Å². The Kier molecular flexibility index (Phi) is 4.28. The van der Waals surface area contributed by atoms with Gasteiger partial charge in [0.1, 0.15) is 5.76 Å². The van der Waals surface area contributed by atoms with Crippen LogP contribution in [0, 0.1) is 5.92 Å². The number of nitrogens with one attached hydrogen (secondary N) is 1. The van der Waals surface area contributed by atoms with Crippen molar-refractivity contribution in [2.45, 2.75) is 27.2 Å². The van der Waals surface area contributed by atoms with Gasteiger partial charge >= 0.3 is 0 Å². The van der Waals surface area contributed by atoms with E-state index in [2.05, 4.69) is 5.32 Å². The molecule has 0 saturated carbocycles. The Morgan fingerprint density at radius 1 is 1.44 bits per heavy atom. The van der Waals surface area contributed by atoms with Crippen LogP contribution in [-0.2, 0) is 11.2 Å². The molecule has 1 amide bonds. The summed E-state index contributed by atoms with van der Waals surface area (Å²) in [5.74, 6) is 0.360. The van der Waals surface area contributed by atoms with Crippen LogP contribution in [0.25, 0.3) is 0 Å². The summed E-state index contributed by atoms with van der Waals surface area (Å²) in [5, 5.41) is 2.59. The van der Waals surface area contributed by atoms with Crippen LogP contribution in [0.3, 0.4) is 0 Å². The van der Waals surface area contributed by atoms with E-state index in [4.69, 9.17) is 4.42 Å². The van der Waals surface area contributed by atoms with Gasteiger partial charge in [0.25, 0.3) is 5.91 Å². The van der Waals surface area contributed by atoms with Crippen LogP contribution in [0.15, 0.2) is 16.7 Å². The Morgan fingerprint density at radius 3 is 2.69 bits per heavy atom. The largest absolute Gasteiger partial charge is 0.469 e. The van der Waals surface area contributed by atoms with E-state index in [1.54, 1.807) is 6.07 Å². The standard InChI is InChI=1S/C12H17NO3/c1-4-11-9(5-6-16-11)12(15)13-7-10(14)8(2)3/h5-6,8H,4,7H2,1-3H3,(H,13,15). The van der Waals surface area contributed by atoms with Crippen LogP contribution in [0.2, 0.25) is 0 Å². The molecular weight excluding hydrogens is 206 g/mol. The fourth-order valence-corrected chi connectivity index (χ4v) is 1.28. The van der Waals surface area contributed by atoms with Gasteiger partial charge < -0.3 is 9.73 Å². The molecule has 1 N–H and O–H groups in total. The third kappa shape index (κ3) is 2.95. The van der Waals surface area contributed by atoms with Crippen molar-refractivity contribution in [2.24, 2.45) is 5.92 Å². The molecule has 0 fully saturated rings. The number of furan rings is 1. The molecule has 0 spiro atoms. The third-order valence-electron chi connectivity index (χ3n) is 2.38. The van der Waals surface area contributed by atoms with Crippen molar-refractivity contribution in [3.8, 4) is 0 Å². The number of amides is 1. The number of hydrogen-bond donors (Lipinski definition) is 1. The minimum absolute atomic E-state index is 0.0230. The van der Waals surface area contributed by atoms with E-state index < -0.39 is 0 Å². The molecule has 4 heteroatoms. The predicted octanol–water partition coefficient (Wildman–Crippen LogP) is 1.80. The second kappa shape index (κ2) is 5.49. The second-order valence-electron chi connectivity index (χ2n) is 3.91. The average Bonchev–Trinajstić information content (AvgIpc) is 2.73. The van der Waals surface area contributed by atoms with Crippen molar-refractivity contribution in [3.63, 3.8) is 0 Å². The van der Waals surface area contributed by atoms with Gasteiger partial charge in [0.05, 0.1) is 18.4 Å². The van der Waals surface area contributed by atoms with Crippen molar-refractivity contribution in [1.29, 1.82) is 0 Å². The second-order valence-corrected chi connectivity index (χ2v) is 3.91. The lowest BCUT2D eigenvalue weighted by Crippen LogP contribution is -2.31. The Bertz CT molecular complexity index is 379. The molecule has 0 unspecified atom stereocenters. The van der Waals surface area contributed by atoms with Crippen LogP contribution >= 0.6 is 0 Å². The van der Waals surface area contributed by atoms with E-state index in [9.17, 15) is 9.59 Å². The van der Waals surface area contributed by atoms with Crippen molar-refractivity contribution in [2.75, 3.05) is 6.54 Å². The van der Waals surface area contributed by atoms with Gasteiger partial charge in [0, 0.05) is 12.3 Å². The predicted molar refractivity (Wildman–Crippen MR) is 60.3 cm³/mol. The molecule has 1 aromatic rings. The van der Waals surface area contributed by atoms with E-state index in [1.165, 1.54) is 6.26 Å². The summed E-state index contributed by atoms with van der Waals surface area (Å²) >= 11 is 0. The average molecular weight is 223 g/mol. The Hall–Kier alpha value is -1.58. The molecule has 0 radical (unpaired) electrons. The summed E-state index contributed by atoms with van der Waals surface area (Å²) in [6.45, 7) is 5.60. The Balaban J connectivity index is 2.56. The van der Waals surface area contributed by atoms with E-state index in [1.807, 2.05) is 20.8 Å². The van der Waals surface area contributed by atoms with Gasteiger partial charge in [0.2, 0.25) is 0 Å². The molecule has 0 aliphatic carbocycles. The van der Waals surface area contributed by atoms with Gasteiger partial charge in [-0.25, -0.2) is 0 Å². The lowest BCUT2D eigenvalue weighted by Gasteiger charge is -2.06. The van der Waals surface area contributed by atoms with E-state index in [0.29, 0.717) is 17.7 Å². The summed E-state index contributed by atoms with van der Waals surface area (Å²) < 4.78 is 5.14. The summed E-state index contributed by atoms with van der Waals surface area (Å²) in [6, 6.07) is 1.62. The molecule has 1 aromatic heterocycles. The van der Waals surface area contributed by atoms with Gasteiger partial charge in [-0.05, 0) is 6.07 Å². The normalized spacial score (nSPS) is 10.5. The lowest BCUT2D eigenvalue weighted by atomic mass is 10.1. The maximum absolute atomic E-state index is 11.7. The molecular formula is C12H17NO3. The van der Waals surface area contributed by atoms with Crippen molar-refractivity contribution >= 4 is 11.7 Å². The fraction of sp³-hybridized carbons (Fsp3) is 0.500. The first-order valence-corrected chi connectivity index (χ1v) is 5.43. The maximum Gasteiger partial charge on any atom is 0.255 e. The lowest BCUT2D eigenvalue weighted by molar-refractivity contribution is -0.120. The molecule has 0 bridgehead atoms. The first-order chi connectivity index (χ1) is 7.56. The molecule has 16 heavy (non-hydrogen) atoms. The van der Waals surface area contributed by atoms with Crippen LogP contribution in [0.5, 0.6) is 0 Å². The molecule has 0 saturated heterocycles. The van der Waals surface area contributed by atoms with Crippen molar-refractivity contribution in [1.82, 2.24) is 5.32 Å². The third-order valence-corrected chi connectivity index (χ3v) is 2.38. The van der Waals surface area contributed by atoms with Gasteiger partial charge in [0.15, 0.2) is 5.78 Å². The first-order valence-electron chi connectivity index (χ1n) is 5.43. The van der Waals surface area contributed by atoms with Crippen molar-refractivity contribution in [3.05, 3.63) is 23.7 Å². The highest BCUT2D eigenvalue weighted by atomic mass is 16.3. The highest BCUT2D eigenvalue weighted by Gasteiger charge is 2.14. The summed E-state index contributed by atoms with van der Waals surface area (Å²) in [4.78, 5) is 23.0. The topological polar surface area (TPSA) is 59.3 Å². The quantitative estimate of drug-likeness (QED) is 0.828. The summed E-state index contributed by atoms with van der Waals surface area (Å²) in [7, 11) is 0. The summed E-state index contributed by atoms with van der Waals surface area (Å²) in [5.41, 5.74) is 0.513. The number of ketones is 1. The fourth-order valence-electron chi connectivity index (χ4n) is 1.28. The summed E-state index contributed by atoms with van der Waals surface area (Å²) in [6.07, 6.45) is 2.14.